The van der Waals surface area contributed by atoms with Crippen molar-refractivity contribution < 1.29 is 9.53 Å². The molecule has 0 radical (unpaired) electrons. The van der Waals surface area contributed by atoms with Gasteiger partial charge < -0.3 is 15.4 Å². The van der Waals surface area contributed by atoms with Crippen LogP contribution in [0.3, 0.4) is 0 Å². The van der Waals surface area contributed by atoms with Crippen LogP contribution in [0.2, 0.25) is 0 Å². The van der Waals surface area contributed by atoms with Crippen LogP contribution in [0.4, 0.5) is 0 Å². The van der Waals surface area contributed by atoms with E-state index in [9.17, 15) is 4.79 Å². The number of nitriles is 1. The third kappa shape index (κ3) is 5.29. The van der Waals surface area contributed by atoms with Crippen molar-refractivity contribution in [2.24, 2.45) is 0 Å². The van der Waals surface area contributed by atoms with Crippen LogP contribution in [0.1, 0.15) is 24.5 Å². The number of nitrogens with one attached hydrogen (secondary N) is 2. The van der Waals surface area contributed by atoms with E-state index in [1.807, 2.05) is 38.1 Å². The fraction of sp³-hybridized carbons (Fsp3) is 0.467. The molecule has 1 aromatic rings. The van der Waals surface area contributed by atoms with Crippen LogP contribution in [0.25, 0.3) is 0 Å². The summed E-state index contributed by atoms with van der Waals surface area (Å²) < 4.78 is 5.62. The molecule has 1 amide bonds. The molecule has 5 heteroatoms. The summed E-state index contributed by atoms with van der Waals surface area (Å²) in [4.78, 5) is 11.6. The number of nitrogens with zero attached hydrogens (tertiary/aromatic N) is 1. The summed E-state index contributed by atoms with van der Waals surface area (Å²) in [6.07, 6.45) is 0.307. The van der Waals surface area contributed by atoms with Crippen molar-refractivity contribution in [2.75, 3.05) is 19.7 Å². The van der Waals surface area contributed by atoms with Gasteiger partial charge in [0.2, 0.25) is 0 Å². The van der Waals surface area contributed by atoms with E-state index in [1.165, 1.54) is 0 Å². The number of amides is 1. The fourth-order valence-electron chi connectivity index (χ4n) is 1.77. The maximum atomic E-state index is 11.6. The van der Waals surface area contributed by atoms with Gasteiger partial charge in [-0.05, 0) is 19.0 Å². The van der Waals surface area contributed by atoms with Gasteiger partial charge in [0.15, 0.2) is 6.61 Å². The van der Waals surface area contributed by atoms with Crippen molar-refractivity contribution in [1.82, 2.24) is 10.6 Å². The van der Waals surface area contributed by atoms with Gasteiger partial charge in [0.1, 0.15) is 5.75 Å². The van der Waals surface area contributed by atoms with Gasteiger partial charge in [0, 0.05) is 18.7 Å². The summed E-state index contributed by atoms with van der Waals surface area (Å²) in [6.45, 7) is 5.91. The monoisotopic (exact) mass is 275 g/mol. The number of ether oxygens (including phenoxy) is 1. The largest absolute Gasteiger partial charge is 0.483 e. The molecule has 0 bridgehead atoms. The second-order valence-electron chi connectivity index (χ2n) is 4.39. The van der Waals surface area contributed by atoms with Gasteiger partial charge in [-0.25, -0.2) is 0 Å². The highest BCUT2D eigenvalue weighted by molar-refractivity contribution is 5.77. The predicted octanol–water partition coefficient (Wildman–Crippen LogP) is 1.51. The summed E-state index contributed by atoms with van der Waals surface area (Å²) in [5, 5.41) is 14.3. The number of carbonyl (C=O) groups excluding carboxylic acids is 1. The summed E-state index contributed by atoms with van der Waals surface area (Å²) >= 11 is 0. The number of hydrogen-bond acceptors (Lipinski definition) is 4. The number of aryl methyl sites for hydroxylation is 1. The number of rotatable bonds is 8. The Balaban J connectivity index is 2.58. The molecule has 0 aromatic heterocycles. The number of para-hydroxylation sites is 1. The average molecular weight is 275 g/mol. The Kier molecular flexibility index (Phi) is 7.15. The first-order valence-corrected chi connectivity index (χ1v) is 6.74. The smallest absolute Gasteiger partial charge is 0.257 e. The molecule has 0 atom stereocenters. The summed E-state index contributed by atoms with van der Waals surface area (Å²) in [5.41, 5.74) is 2.04. The number of carbonyl (C=O) groups is 1. The third-order valence-corrected chi connectivity index (χ3v) is 2.77. The molecule has 1 rings (SSSR count). The minimum Gasteiger partial charge on any atom is -0.483 e. The Morgan fingerprint density at radius 1 is 1.45 bits per heavy atom. The normalized spacial score (nSPS) is 9.85. The van der Waals surface area contributed by atoms with Crippen LogP contribution in [0.5, 0.6) is 5.75 Å². The maximum absolute atomic E-state index is 11.6. The van der Waals surface area contributed by atoms with E-state index in [2.05, 4.69) is 10.6 Å². The lowest BCUT2D eigenvalue weighted by atomic mass is 10.1. The summed E-state index contributed by atoms with van der Waals surface area (Å²) in [6, 6.07) is 7.89. The molecular weight excluding hydrogens is 254 g/mol. The van der Waals surface area contributed by atoms with Gasteiger partial charge >= 0.3 is 0 Å². The molecule has 0 saturated heterocycles. The second-order valence-corrected chi connectivity index (χ2v) is 4.39. The Morgan fingerprint density at radius 3 is 2.95 bits per heavy atom. The van der Waals surface area contributed by atoms with Crippen molar-refractivity contribution in [3.8, 4) is 11.8 Å². The van der Waals surface area contributed by atoms with Crippen molar-refractivity contribution >= 4 is 5.91 Å². The molecule has 2 N–H and O–H groups in total. The quantitative estimate of drug-likeness (QED) is 0.705. The first kappa shape index (κ1) is 16.0. The molecule has 20 heavy (non-hydrogen) atoms. The Hall–Kier alpha value is -2.06. The van der Waals surface area contributed by atoms with Crippen LogP contribution in [0.15, 0.2) is 18.2 Å². The zero-order valence-corrected chi connectivity index (χ0v) is 12.0. The van der Waals surface area contributed by atoms with Crippen LogP contribution in [0, 0.1) is 18.3 Å². The standard InChI is InChI=1S/C15H21N3O2/c1-3-17-10-13-7-4-6-12(2)15(13)20-11-14(19)18-9-5-8-16/h4,6-7,17H,3,5,9-11H2,1-2H3,(H,18,19). The molecule has 1 aromatic carbocycles. The van der Waals surface area contributed by atoms with Gasteiger partial charge in [-0.3, -0.25) is 4.79 Å². The maximum Gasteiger partial charge on any atom is 0.257 e. The molecule has 108 valence electrons. The predicted molar refractivity (Wildman–Crippen MR) is 77.3 cm³/mol. The third-order valence-electron chi connectivity index (χ3n) is 2.77. The minimum absolute atomic E-state index is 0.0323. The molecule has 0 saturated carbocycles. The molecular formula is C15H21N3O2. The zero-order chi connectivity index (χ0) is 14.8. The van der Waals surface area contributed by atoms with Crippen molar-refractivity contribution in [1.29, 1.82) is 5.26 Å². The van der Waals surface area contributed by atoms with Crippen molar-refractivity contribution in [3.63, 3.8) is 0 Å². The number of benzene rings is 1. The molecule has 0 fully saturated rings. The van der Waals surface area contributed by atoms with Gasteiger partial charge in [0.25, 0.3) is 5.91 Å². The molecule has 0 aliphatic heterocycles. The molecule has 0 unspecified atom stereocenters. The van der Waals surface area contributed by atoms with Gasteiger partial charge in [-0.2, -0.15) is 5.26 Å². The van der Waals surface area contributed by atoms with E-state index < -0.39 is 0 Å². The highest BCUT2D eigenvalue weighted by Crippen LogP contribution is 2.23. The average Bonchev–Trinajstić information content (AvgIpc) is 2.44. The van der Waals surface area contributed by atoms with E-state index in [0.717, 1.165) is 23.4 Å². The minimum atomic E-state index is -0.210. The molecule has 0 spiro atoms. The lowest BCUT2D eigenvalue weighted by Gasteiger charge is -2.14. The molecule has 0 heterocycles. The lowest BCUT2D eigenvalue weighted by molar-refractivity contribution is -0.123. The van der Waals surface area contributed by atoms with Crippen LogP contribution in [-0.2, 0) is 11.3 Å². The van der Waals surface area contributed by atoms with E-state index >= 15 is 0 Å². The van der Waals surface area contributed by atoms with E-state index in [4.69, 9.17) is 10.00 Å². The van der Waals surface area contributed by atoms with E-state index in [-0.39, 0.29) is 12.5 Å². The topological polar surface area (TPSA) is 74.2 Å². The van der Waals surface area contributed by atoms with Crippen molar-refractivity contribution in [2.45, 2.75) is 26.8 Å². The summed E-state index contributed by atoms with van der Waals surface area (Å²) in [7, 11) is 0. The Morgan fingerprint density at radius 2 is 2.25 bits per heavy atom. The van der Waals surface area contributed by atoms with Gasteiger partial charge in [-0.15, -0.1) is 0 Å². The highest BCUT2D eigenvalue weighted by atomic mass is 16.5. The molecule has 5 nitrogen and oxygen atoms in total. The van der Waals surface area contributed by atoms with Gasteiger partial charge in [0.05, 0.1) is 12.5 Å². The SMILES string of the molecule is CCNCc1cccc(C)c1OCC(=O)NCCC#N. The number of hydrogen-bond donors (Lipinski definition) is 2. The Bertz CT molecular complexity index is 480. The van der Waals surface area contributed by atoms with Crippen LogP contribution >= 0.6 is 0 Å². The van der Waals surface area contributed by atoms with E-state index in [0.29, 0.717) is 19.5 Å². The van der Waals surface area contributed by atoms with Gasteiger partial charge in [-0.1, -0.05) is 25.1 Å². The molecule has 0 aliphatic carbocycles. The highest BCUT2D eigenvalue weighted by Gasteiger charge is 2.09. The van der Waals surface area contributed by atoms with Crippen LogP contribution in [-0.4, -0.2) is 25.6 Å². The van der Waals surface area contributed by atoms with E-state index in [1.54, 1.807) is 0 Å². The lowest BCUT2D eigenvalue weighted by Crippen LogP contribution is -2.29. The molecule has 0 aliphatic rings. The fourth-order valence-corrected chi connectivity index (χ4v) is 1.77. The van der Waals surface area contributed by atoms with Crippen LogP contribution < -0.4 is 15.4 Å². The first-order valence-electron chi connectivity index (χ1n) is 6.74. The Labute approximate surface area is 119 Å². The first-order chi connectivity index (χ1) is 9.69. The van der Waals surface area contributed by atoms with Crippen molar-refractivity contribution in [3.05, 3.63) is 29.3 Å². The zero-order valence-electron chi connectivity index (χ0n) is 12.0. The second kappa shape index (κ2) is 8.94. The summed E-state index contributed by atoms with van der Waals surface area (Å²) in [5.74, 6) is 0.543.